The maximum absolute atomic E-state index is 12.3. The summed E-state index contributed by atoms with van der Waals surface area (Å²) in [6, 6.07) is 18.3. The van der Waals surface area contributed by atoms with Gasteiger partial charge >= 0.3 is 0 Å². The molecule has 1 aliphatic heterocycles. The Morgan fingerprint density at radius 2 is 1.78 bits per heavy atom. The summed E-state index contributed by atoms with van der Waals surface area (Å²) in [5.41, 5.74) is 2.04. The van der Waals surface area contributed by atoms with Gasteiger partial charge in [0.15, 0.2) is 0 Å². The molecule has 0 aliphatic carbocycles. The van der Waals surface area contributed by atoms with E-state index >= 15 is 0 Å². The van der Waals surface area contributed by atoms with E-state index < -0.39 is 0 Å². The van der Waals surface area contributed by atoms with E-state index in [-0.39, 0.29) is 18.1 Å². The molecular weight excluding hydrogens is 354 g/mol. The van der Waals surface area contributed by atoms with Gasteiger partial charge in [-0.1, -0.05) is 34.1 Å². The second-order valence-corrected chi connectivity index (χ2v) is 6.71. The van der Waals surface area contributed by atoms with Crippen LogP contribution in [0.4, 0.5) is 11.4 Å². The van der Waals surface area contributed by atoms with Gasteiger partial charge in [-0.3, -0.25) is 9.80 Å². The highest BCUT2D eigenvalue weighted by Crippen LogP contribution is 2.31. The number of carbonyl (C=O) groups is 1. The lowest BCUT2D eigenvalue weighted by molar-refractivity contribution is -0.129. The van der Waals surface area contributed by atoms with Crippen LogP contribution in [0.1, 0.15) is 20.3 Å². The van der Waals surface area contributed by atoms with Crippen molar-refractivity contribution >= 4 is 33.2 Å². The first kappa shape index (κ1) is 15.9. The van der Waals surface area contributed by atoms with E-state index in [1.165, 1.54) is 0 Å². The molecule has 23 heavy (non-hydrogen) atoms. The molecule has 3 rings (SSSR count). The molecule has 2 aromatic carbocycles. The van der Waals surface area contributed by atoms with Crippen LogP contribution < -0.4 is 10.3 Å². The third-order valence-corrected chi connectivity index (χ3v) is 4.56. The fourth-order valence-corrected chi connectivity index (χ4v) is 3.34. The molecule has 0 aromatic heterocycles. The SMILES string of the molecule is CC(=O)N1C(Nc2ccc(Br)cc2)CC(C)N1c1ccccc1. The largest absolute Gasteiger partial charge is 0.364 e. The third-order valence-electron chi connectivity index (χ3n) is 4.03. The van der Waals surface area contributed by atoms with Crippen molar-refractivity contribution in [2.24, 2.45) is 0 Å². The quantitative estimate of drug-likeness (QED) is 0.873. The topological polar surface area (TPSA) is 35.6 Å². The summed E-state index contributed by atoms with van der Waals surface area (Å²) in [7, 11) is 0. The van der Waals surface area contributed by atoms with E-state index in [4.69, 9.17) is 0 Å². The minimum Gasteiger partial charge on any atom is -0.364 e. The average Bonchev–Trinajstić information content (AvgIpc) is 2.87. The minimum atomic E-state index is -0.0520. The lowest BCUT2D eigenvalue weighted by Crippen LogP contribution is -2.48. The van der Waals surface area contributed by atoms with E-state index in [2.05, 4.69) is 33.2 Å². The van der Waals surface area contributed by atoms with Crippen LogP contribution in [-0.2, 0) is 4.79 Å². The van der Waals surface area contributed by atoms with Gasteiger partial charge in [-0.2, -0.15) is 0 Å². The molecule has 1 amide bonds. The molecule has 2 atom stereocenters. The van der Waals surface area contributed by atoms with E-state index in [9.17, 15) is 4.79 Å². The Bertz CT molecular complexity index is 674. The molecule has 2 aromatic rings. The summed E-state index contributed by atoms with van der Waals surface area (Å²) in [5.74, 6) is 0.0350. The molecule has 4 nitrogen and oxygen atoms in total. The van der Waals surface area contributed by atoms with Crippen molar-refractivity contribution in [1.82, 2.24) is 5.01 Å². The zero-order chi connectivity index (χ0) is 16.4. The molecule has 0 spiro atoms. The number of amides is 1. The first-order chi connectivity index (χ1) is 11.1. The Balaban J connectivity index is 1.86. The number of hydrogen-bond acceptors (Lipinski definition) is 3. The van der Waals surface area contributed by atoms with E-state index in [1.54, 1.807) is 6.92 Å². The Labute approximate surface area is 145 Å². The summed E-state index contributed by atoms with van der Waals surface area (Å²) < 4.78 is 1.04. The highest BCUT2D eigenvalue weighted by atomic mass is 79.9. The maximum atomic E-state index is 12.3. The lowest BCUT2D eigenvalue weighted by atomic mass is 10.2. The summed E-state index contributed by atoms with van der Waals surface area (Å²) >= 11 is 3.44. The molecule has 1 fully saturated rings. The second kappa shape index (κ2) is 6.62. The molecule has 1 heterocycles. The summed E-state index contributed by atoms with van der Waals surface area (Å²) in [6.45, 7) is 3.76. The molecular formula is C18H20BrN3O. The number of nitrogens with zero attached hydrogens (tertiary/aromatic N) is 2. The van der Waals surface area contributed by atoms with Gasteiger partial charge in [-0.15, -0.1) is 0 Å². The monoisotopic (exact) mass is 373 g/mol. The number of hydrogen-bond donors (Lipinski definition) is 1. The molecule has 1 aliphatic rings. The van der Waals surface area contributed by atoms with Crippen LogP contribution in [0.2, 0.25) is 0 Å². The van der Waals surface area contributed by atoms with Gasteiger partial charge in [0, 0.05) is 23.5 Å². The van der Waals surface area contributed by atoms with Crippen molar-refractivity contribution in [2.75, 3.05) is 10.3 Å². The second-order valence-electron chi connectivity index (χ2n) is 5.80. The van der Waals surface area contributed by atoms with Crippen molar-refractivity contribution in [3.8, 4) is 0 Å². The third kappa shape index (κ3) is 3.34. The van der Waals surface area contributed by atoms with Crippen LogP contribution in [0, 0.1) is 0 Å². The number of benzene rings is 2. The fraction of sp³-hybridized carbons (Fsp3) is 0.278. The van der Waals surface area contributed by atoms with Crippen LogP contribution in [0.3, 0.4) is 0 Å². The first-order valence-corrected chi connectivity index (χ1v) is 8.51. The van der Waals surface area contributed by atoms with Gasteiger partial charge in [0.25, 0.3) is 0 Å². The fourth-order valence-electron chi connectivity index (χ4n) is 3.07. The molecule has 0 saturated carbocycles. The zero-order valence-electron chi connectivity index (χ0n) is 13.2. The van der Waals surface area contributed by atoms with E-state index in [0.717, 1.165) is 22.3 Å². The number of nitrogens with one attached hydrogen (secondary N) is 1. The number of halogens is 1. The Kier molecular flexibility index (Phi) is 4.57. The standard InChI is InChI=1S/C18H20BrN3O/c1-13-12-18(20-16-10-8-15(19)9-11-16)22(14(2)23)21(13)17-6-4-3-5-7-17/h3-11,13,18,20H,12H2,1-2H3. The molecule has 1 saturated heterocycles. The predicted molar refractivity (Wildman–Crippen MR) is 97.1 cm³/mol. The molecule has 2 unspecified atom stereocenters. The van der Waals surface area contributed by atoms with Crippen LogP contribution in [0.5, 0.6) is 0 Å². The van der Waals surface area contributed by atoms with E-state index in [1.807, 2.05) is 59.6 Å². The van der Waals surface area contributed by atoms with Crippen molar-refractivity contribution < 1.29 is 4.79 Å². The van der Waals surface area contributed by atoms with Crippen molar-refractivity contribution in [2.45, 2.75) is 32.5 Å². The molecule has 5 heteroatoms. The summed E-state index contributed by atoms with van der Waals surface area (Å²) in [4.78, 5) is 12.3. The molecule has 0 radical (unpaired) electrons. The average molecular weight is 374 g/mol. The molecule has 0 bridgehead atoms. The Morgan fingerprint density at radius 1 is 1.13 bits per heavy atom. The molecule has 1 N–H and O–H groups in total. The summed E-state index contributed by atoms with van der Waals surface area (Å²) in [6.07, 6.45) is 0.814. The lowest BCUT2D eigenvalue weighted by Gasteiger charge is -2.35. The number of anilines is 2. The van der Waals surface area contributed by atoms with Crippen molar-refractivity contribution in [1.29, 1.82) is 0 Å². The van der Waals surface area contributed by atoms with Crippen molar-refractivity contribution in [3.63, 3.8) is 0 Å². The summed E-state index contributed by atoms with van der Waals surface area (Å²) in [5, 5.41) is 7.38. The molecule has 120 valence electrons. The number of rotatable bonds is 3. The smallest absolute Gasteiger partial charge is 0.239 e. The Hall–Kier alpha value is -2.01. The zero-order valence-corrected chi connectivity index (χ0v) is 14.8. The highest BCUT2D eigenvalue weighted by Gasteiger charge is 2.38. The highest BCUT2D eigenvalue weighted by molar-refractivity contribution is 9.10. The number of carbonyl (C=O) groups excluding carboxylic acids is 1. The van der Waals surface area contributed by atoms with Crippen LogP contribution in [-0.4, -0.2) is 23.1 Å². The predicted octanol–water partition coefficient (Wildman–Crippen LogP) is 4.25. The first-order valence-electron chi connectivity index (χ1n) is 7.72. The number of hydrazine groups is 1. The van der Waals surface area contributed by atoms with Gasteiger partial charge in [0.2, 0.25) is 5.91 Å². The van der Waals surface area contributed by atoms with Gasteiger partial charge in [-0.05, 0) is 43.3 Å². The van der Waals surface area contributed by atoms with Crippen molar-refractivity contribution in [3.05, 3.63) is 59.1 Å². The van der Waals surface area contributed by atoms with Crippen LogP contribution in [0.15, 0.2) is 59.1 Å². The normalized spacial score (nSPS) is 20.7. The number of para-hydroxylation sites is 1. The minimum absolute atomic E-state index is 0.0350. The van der Waals surface area contributed by atoms with Crippen LogP contribution >= 0.6 is 15.9 Å². The van der Waals surface area contributed by atoms with Gasteiger partial charge in [-0.25, -0.2) is 5.01 Å². The van der Waals surface area contributed by atoms with E-state index in [0.29, 0.717) is 0 Å². The van der Waals surface area contributed by atoms with Gasteiger partial charge in [0.05, 0.1) is 11.7 Å². The Morgan fingerprint density at radius 3 is 2.39 bits per heavy atom. The van der Waals surface area contributed by atoms with Gasteiger partial charge in [0.1, 0.15) is 6.17 Å². The van der Waals surface area contributed by atoms with Crippen LogP contribution in [0.25, 0.3) is 0 Å². The van der Waals surface area contributed by atoms with Gasteiger partial charge < -0.3 is 5.32 Å². The maximum Gasteiger partial charge on any atom is 0.239 e.